The van der Waals surface area contributed by atoms with E-state index < -0.39 is 12.1 Å². The number of carbonyl (C=O) groups is 3. The van der Waals surface area contributed by atoms with Gasteiger partial charge in [-0.2, -0.15) is 0 Å². The van der Waals surface area contributed by atoms with Crippen molar-refractivity contribution in [2.24, 2.45) is 34.1 Å². The van der Waals surface area contributed by atoms with Crippen molar-refractivity contribution in [1.82, 2.24) is 35.6 Å². The third-order valence-electron chi connectivity index (χ3n) is 10.2. The minimum absolute atomic E-state index is 0.00725. The Bertz CT molecular complexity index is 1400. The van der Waals surface area contributed by atoms with Crippen molar-refractivity contribution < 1.29 is 24.0 Å². The Kier molecular flexibility index (Phi) is 7.98. The number of nitrogens with one attached hydrogen (secondary N) is 3. The Morgan fingerprint density at radius 2 is 1.77 bits per heavy atom. The van der Waals surface area contributed by atoms with Gasteiger partial charge >= 0.3 is 12.1 Å². The molecule has 4 bridgehead atoms. The molecule has 2 aliphatic heterocycles. The maximum Gasteiger partial charge on any atom is 0.440 e. The van der Waals surface area contributed by atoms with Crippen molar-refractivity contribution >= 4 is 40.9 Å². The number of aromatic nitrogens is 4. The lowest BCUT2D eigenvalue weighted by atomic mass is 9.50. The van der Waals surface area contributed by atoms with E-state index in [4.69, 9.17) is 9.57 Å². The number of anilines is 1. The largest absolute Gasteiger partial charge is 0.447 e. The lowest BCUT2D eigenvalue weighted by Crippen LogP contribution is -2.48. The molecule has 4 heterocycles. The van der Waals surface area contributed by atoms with Gasteiger partial charge < -0.3 is 24.4 Å². The van der Waals surface area contributed by atoms with Crippen LogP contribution in [-0.2, 0) is 25.7 Å². The average molecular weight is 608 g/mol. The van der Waals surface area contributed by atoms with E-state index in [0.29, 0.717) is 55.5 Å². The highest BCUT2D eigenvalue weighted by Crippen LogP contribution is 2.60. The first-order valence-electron chi connectivity index (χ1n) is 16.1. The summed E-state index contributed by atoms with van der Waals surface area (Å²) in [5, 5.41) is 6.04. The Labute approximate surface area is 255 Å². The van der Waals surface area contributed by atoms with Gasteiger partial charge in [-0.3, -0.25) is 15.1 Å². The first-order chi connectivity index (χ1) is 21.4. The summed E-state index contributed by atoms with van der Waals surface area (Å²) in [6.07, 6.45) is 12.2. The summed E-state index contributed by atoms with van der Waals surface area (Å²) in [7, 11) is 0. The van der Waals surface area contributed by atoms with Crippen molar-refractivity contribution in [1.29, 1.82) is 0 Å². The van der Waals surface area contributed by atoms with Crippen LogP contribution in [0.25, 0.3) is 11.2 Å². The summed E-state index contributed by atoms with van der Waals surface area (Å²) in [5.41, 5.74) is 3.50. The van der Waals surface area contributed by atoms with Gasteiger partial charge in [0.2, 0.25) is 5.91 Å². The van der Waals surface area contributed by atoms with Crippen molar-refractivity contribution in [3.8, 4) is 0 Å². The maximum atomic E-state index is 12.7. The molecule has 4 aliphatic carbocycles. The van der Waals surface area contributed by atoms with E-state index in [9.17, 15) is 14.4 Å². The van der Waals surface area contributed by atoms with Crippen LogP contribution < -0.4 is 21.0 Å². The Hall–Kier alpha value is -3.97. The molecule has 4 saturated carbocycles. The van der Waals surface area contributed by atoms with E-state index in [1.54, 1.807) is 10.9 Å². The molecular weight excluding hydrogens is 566 g/mol. The summed E-state index contributed by atoms with van der Waals surface area (Å²) in [5.74, 6) is 2.91. The lowest BCUT2D eigenvalue weighted by Gasteiger charge is -2.56. The maximum absolute atomic E-state index is 12.7. The molecule has 0 spiro atoms. The molecule has 8 rings (SSSR count). The highest BCUT2D eigenvalue weighted by molar-refractivity contribution is 5.98. The van der Waals surface area contributed by atoms with Crippen LogP contribution in [0.5, 0.6) is 0 Å². The number of guanidine groups is 1. The molecule has 0 radical (unpaired) electrons. The minimum atomic E-state index is -0.722. The van der Waals surface area contributed by atoms with Gasteiger partial charge in [-0.1, -0.05) is 0 Å². The van der Waals surface area contributed by atoms with Crippen molar-refractivity contribution in [2.75, 3.05) is 37.7 Å². The number of fused-ring (bicyclic) bond motifs is 1. The molecule has 0 atom stereocenters. The summed E-state index contributed by atoms with van der Waals surface area (Å²) < 4.78 is 7.28. The molecule has 2 aromatic rings. The van der Waals surface area contributed by atoms with Crippen LogP contribution in [0, 0.1) is 29.1 Å². The van der Waals surface area contributed by atoms with Crippen LogP contribution in [-0.4, -0.2) is 76.2 Å². The molecule has 5 fully saturated rings. The zero-order valence-electron chi connectivity index (χ0n) is 25.0. The fourth-order valence-corrected chi connectivity index (χ4v) is 8.53. The van der Waals surface area contributed by atoms with Crippen LogP contribution in [0.3, 0.4) is 0 Å². The first kappa shape index (κ1) is 28.8. The van der Waals surface area contributed by atoms with Gasteiger partial charge in [0.15, 0.2) is 22.9 Å². The van der Waals surface area contributed by atoms with Crippen LogP contribution in [0.2, 0.25) is 0 Å². The Morgan fingerprint density at radius 1 is 1.02 bits per heavy atom. The van der Waals surface area contributed by atoms with Gasteiger partial charge in [-0.15, -0.1) is 5.48 Å². The van der Waals surface area contributed by atoms with Gasteiger partial charge in [-0.25, -0.2) is 24.5 Å². The van der Waals surface area contributed by atoms with Crippen molar-refractivity contribution in [3.05, 3.63) is 12.7 Å². The minimum Gasteiger partial charge on any atom is -0.447 e. The Balaban J connectivity index is 0.866. The number of nitrogens with zero attached hydrogens (tertiary/aromatic N) is 6. The van der Waals surface area contributed by atoms with E-state index in [-0.39, 0.29) is 30.2 Å². The predicted octanol–water partition coefficient (Wildman–Crippen LogP) is 2.30. The summed E-state index contributed by atoms with van der Waals surface area (Å²) >= 11 is 0. The number of hydroxylamine groups is 1. The smallest absolute Gasteiger partial charge is 0.440 e. The molecule has 6 aliphatic rings. The zero-order valence-corrected chi connectivity index (χ0v) is 25.0. The van der Waals surface area contributed by atoms with Gasteiger partial charge in [0.05, 0.1) is 19.4 Å². The number of aliphatic imine (C=N–C) groups is 1. The molecule has 3 N–H and O–H groups in total. The van der Waals surface area contributed by atoms with Crippen LogP contribution in [0.15, 0.2) is 17.6 Å². The topological polar surface area (TPSA) is 165 Å². The molecule has 2 aromatic heterocycles. The summed E-state index contributed by atoms with van der Waals surface area (Å²) in [6, 6.07) is 0. The molecule has 236 valence electrons. The second-order valence-corrected chi connectivity index (χ2v) is 13.4. The molecule has 14 nitrogen and oxygen atoms in total. The summed E-state index contributed by atoms with van der Waals surface area (Å²) in [6.45, 7) is 3.53. The predicted molar refractivity (Wildman–Crippen MR) is 159 cm³/mol. The summed E-state index contributed by atoms with van der Waals surface area (Å²) in [4.78, 5) is 62.3. The normalized spacial score (nSPS) is 27.9. The zero-order chi connectivity index (χ0) is 30.1. The van der Waals surface area contributed by atoms with Gasteiger partial charge in [0, 0.05) is 44.1 Å². The van der Waals surface area contributed by atoms with E-state index >= 15 is 0 Å². The standard InChI is InChI=1S/C30H41N9O5/c40-23(44-37-29(42)43-16-30-13-19-10-20(14-30)12-21(11-19)15-30)4-9-39-18-35-24-25(33-17-34-26(24)39)38-7-2-22(3-8-38)27(41)36-28-31-5-1-6-32-28/h17-22H,1-16H2,(H,37,42)(H2,31,32,36,41). The first-order valence-corrected chi connectivity index (χ1v) is 16.1. The second-order valence-electron chi connectivity index (χ2n) is 13.4. The number of amides is 2. The number of carbonyl (C=O) groups excluding carboxylic acids is 3. The van der Waals surface area contributed by atoms with Crippen LogP contribution in [0.1, 0.15) is 64.2 Å². The van der Waals surface area contributed by atoms with E-state index in [2.05, 4.69) is 41.0 Å². The number of piperidine rings is 1. The highest BCUT2D eigenvalue weighted by Gasteiger charge is 2.51. The number of hydrogen-bond acceptors (Lipinski definition) is 11. The van der Waals surface area contributed by atoms with E-state index in [1.807, 2.05) is 0 Å². The molecule has 44 heavy (non-hydrogen) atoms. The lowest BCUT2D eigenvalue weighted by molar-refractivity contribution is -0.150. The number of hydrogen-bond donors (Lipinski definition) is 3. The third-order valence-corrected chi connectivity index (χ3v) is 10.2. The Morgan fingerprint density at radius 3 is 2.48 bits per heavy atom. The molecule has 0 unspecified atom stereocenters. The number of rotatable bonds is 7. The van der Waals surface area contributed by atoms with Crippen LogP contribution >= 0.6 is 0 Å². The van der Waals surface area contributed by atoms with E-state index in [1.165, 1.54) is 25.6 Å². The second kappa shape index (κ2) is 12.2. The molecule has 1 saturated heterocycles. The van der Waals surface area contributed by atoms with Crippen molar-refractivity contribution in [2.45, 2.75) is 70.8 Å². The van der Waals surface area contributed by atoms with E-state index in [0.717, 1.165) is 56.5 Å². The quantitative estimate of drug-likeness (QED) is 0.398. The fraction of sp³-hybridized carbons (Fsp3) is 0.700. The van der Waals surface area contributed by atoms with Crippen molar-refractivity contribution in [3.63, 3.8) is 0 Å². The fourth-order valence-electron chi connectivity index (χ4n) is 8.53. The molecule has 14 heteroatoms. The molecular formula is C30H41N9O5. The van der Waals surface area contributed by atoms with Gasteiger partial charge in [-0.05, 0) is 75.5 Å². The molecule has 2 amide bonds. The highest BCUT2D eigenvalue weighted by atomic mass is 16.7. The number of aryl methyl sites for hydroxylation is 1. The number of ether oxygens (including phenoxy) is 1. The SMILES string of the molecule is O=C(CCn1cnc2c(N3CCC(C(=O)NC4=NCCCN4)CC3)ncnc21)ONC(=O)OCC12CC3CC(CC(C3)C1)C2. The monoisotopic (exact) mass is 607 g/mol. The number of imidazole rings is 1. The average Bonchev–Trinajstić information content (AvgIpc) is 3.45. The van der Waals surface area contributed by atoms with Gasteiger partial charge in [0.1, 0.15) is 6.33 Å². The van der Waals surface area contributed by atoms with Gasteiger partial charge in [0.25, 0.3) is 0 Å². The third kappa shape index (κ3) is 6.16. The molecule has 0 aromatic carbocycles. The van der Waals surface area contributed by atoms with Crippen LogP contribution in [0.4, 0.5) is 10.6 Å².